The molecule has 0 spiro atoms. The van der Waals surface area contributed by atoms with Gasteiger partial charge in [0, 0.05) is 6.04 Å². The van der Waals surface area contributed by atoms with Crippen LogP contribution in [0.1, 0.15) is 50.7 Å². The van der Waals surface area contributed by atoms with E-state index in [0.29, 0.717) is 6.04 Å². The number of rotatable bonds is 10. The molecule has 4 heteroatoms. The normalized spacial score (nSPS) is 13.3. The molecule has 0 saturated carbocycles. The summed E-state index contributed by atoms with van der Waals surface area (Å²) in [6, 6.07) is 8.19. The first-order valence-electron chi connectivity index (χ1n) is 7.96. The molecule has 1 atom stereocenters. The third-order valence-electron chi connectivity index (χ3n) is 3.65. The average Bonchev–Trinajstić information content (AvgIpc) is 2.42. The number of hydrogen-bond donors (Lipinski definition) is 1. The van der Waals surface area contributed by atoms with Gasteiger partial charge < -0.3 is 5.32 Å². The van der Waals surface area contributed by atoms with E-state index in [9.17, 15) is 8.42 Å². The molecular weight excluding hydrogens is 282 g/mol. The first kappa shape index (κ1) is 18.2. The Labute approximate surface area is 130 Å². The fraction of sp³-hybridized carbons (Fsp3) is 0.647. The first-order valence-corrected chi connectivity index (χ1v) is 9.78. The molecule has 1 aromatic carbocycles. The minimum absolute atomic E-state index is 0.161. The molecule has 21 heavy (non-hydrogen) atoms. The molecule has 0 amide bonds. The van der Waals surface area contributed by atoms with Crippen LogP contribution in [0.3, 0.4) is 0 Å². The Bertz CT molecular complexity index is 511. The molecular formula is C17H29NO2S. The summed E-state index contributed by atoms with van der Waals surface area (Å²) >= 11 is 0. The number of sulfone groups is 1. The van der Waals surface area contributed by atoms with Gasteiger partial charge in [-0.25, -0.2) is 8.42 Å². The minimum Gasteiger partial charge on any atom is -0.314 e. The molecule has 1 rings (SSSR count). The highest BCUT2D eigenvalue weighted by molar-refractivity contribution is 7.90. The van der Waals surface area contributed by atoms with E-state index in [1.54, 1.807) is 0 Å². The van der Waals surface area contributed by atoms with Gasteiger partial charge in [0.1, 0.15) is 0 Å². The summed E-state index contributed by atoms with van der Waals surface area (Å²) in [7, 11) is -3.00. The largest absolute Gasteiger partial charge is 0.314 e. The van der Waals surface area contributed by atoms with Gasteiger partial charge in [0.05, 0.1) is 11.5 Å². The molecule has 0 fully saturated rings. The lowest BCUT2D eigenvalue weighted by Crippen LogP contribution is -2.29. The quantitative estimate of drug-likeness (QED) is 0.719. The Hall–Kier alpha value is -0.870. The van der Waals surface area contributed by atoms with Gasteiger partial charge in [0.15, 0.2) is 9.84 Å². The summed E-state index contributed by atoms with van der Waals surface area (Å²) in [6.45, 7) is 7.29. The van der Waals surface area contributed by atoms with Crippen molar-refractivity contribution in [3.05, 3.63) is 35.4 Å². The number of aryl methyl sites for hydroxylation is 1. The maximum Gasteiger partial charge on any atom is 0.154 e. The molecule has 0 bridgehead atoms. The van der Waals surface area contributed by atoms with Gasteiger partial charge in [-0.2, -0.15) is 0 Å². The second-order valence-electron chi connectivity index (χ2n) is 5.78. The van der Waals surface area contributed by atoms with Crippen molar-refractivity contribution in [1.29, 1.82) is 0 Å². The molecule has 0 radical (unpaired) electrons. The fourth-order valence-corrected chi connectivity index (χ4v) is 3.91. The van der Waals surface area contributed by atoms with Crippen molar-refractivity contribution >= 4 is 9.84 Å². The average molecular weight is 311 g/mol. The highest BCUT2D eigenvalue weighted by atomic mass is 32.2. The van der Waals surface area contributed by atoms with Crippen LogP contribution in [-0.2, 0) is 15.6 Å². The van der Waals surface area contributed by atoms with E-state index in [4.69, 9.17) is 0 Å². The van der Waals surface area contributed by atoms with Gasteiger partial charge in [-0.05, 0) is 44.7 Å². The monoisotopic (exact) mass is 311 g/mol. The molecule has 0 aliphatic rings. The van der Waals surface area contributed by atoms with E-state index in [1.165, 1.54) is 0 Å². The van der Waals surface area contributed by atoms with Crippen LogP contribution in [0.2, 0.25) is 0 Å². The molecule has 0 heterocycles. The second-order valence-corrected chi connectivity index (χ2v) is 7.97. The summed E-state index contributed by atoms with van der Waals surface area (Å²) in [5.74, 6) is 0.444. The Morgan fingerprint density at radius 3 is 2.62 bits per heavy atom. The molecule has 0 aliphatic carbocycles. The lowest BCUT2D eigenvalue weighted by molar-refractivity contribution is 0.463. The molecule has 1 N–H and O–H groups in total. The zero-order valence-corrected chi connectivity index (χ0v) is 14.4. The van der Waals surface area contributed by atoms with Crippen LogP contribution < -0.4 is 5.32 Å². The zero-order valence-electron chi connectivity index (χ0n) is 13.6. The van der Waals surface area contributed by atoms with Crippen molar-refractivity contribution in [1.82, 2.24) is 5.32 Å². The standard InChI is InChI=1S/C17H29NO2S/c1-4-11-18-17(5-2)10-7-12-21(19,20)14-16-9-6-8-15(3)13-16/h6,8-9,13,17-18H,4-5,7,10-12,14H2,1-3H3. The van der Waals surface area contributed by atoms with E-state index in [-0.39, 0.29) is 11.5 Å². The van der Waals surface area contributed by atoms with E-state index < -0.39 is 9.84 Å². The topological polar surface area (TPSA) is 46.2 Å². The third kappa shape index (κ3) is 7.63. The van der Waals surface area contributed by atoms with Crippen molar-refractivity contribution < 1.29 is 8.42 Å². The van der Waals surface area contributed by atoms with Crippen LogP contribution in [-0.4, -0.2) is 26.8 Å². The zero-order chi connectivity index (χ0) is 15.7. The lowest BCUT2D eigenvalue weighted by Gasteiger charge is -2.16. The molecule has 1 unspecified atom stereocenters. The van der Waals surface area contributed by atoms with Crippen molar-refractivity contribution in [2.24, 2.45) is 0 Å². The van der Waals surface area contributed by atoms with Crippen LogP contribution in [0.25, 0.3) is 0 Å². The van der Waals surface area contributed by atoms with Gasteiger partial charge in [-0.3, -0.25) is 0 Å². The first-order chi connectivity index (χ1) is 9.96. The SMILES string of the molecule is CCCNC(CC)CCCS(=O)(=O)Cc1cccc(C)c1. The maximum atomic E-state index is 12.2. The number of benzene rings is 1. The van der Waals surface area contributed by atoms with Gasteiger partial charge in [-0.1, -0.05) is 43.7 Å². The second kappa shape index (κ2) is 9.21. The Kier molecular flexibility index (Phi) is 7.97. The summed E-state index contributed by atoms with van der Waals surface area (Å²) in [5.41, 5.74) is 2.00. The number of hydrogen-bond acceptors (Lipinski definition) is 3. The molecule has 0 aromatic heterocycles. The Balaban J connectivity index is 2.42. The molecule has 120 valence electrons. The summed E-state index contributed by atoms with van der Waals surface area (Å²) in [4.78, 5) is 0. The van der Waals surface area contributed by atoms with Gasteiger partial charge in [-0.15, -0.1) is 0 Å². The molecule has 0 saturated heterocycles. The Morgan fingerprint density at radius 2 is 2.00 bits per heavy atom. The van der Waals surface area contributed by atoms with E-state index in [1.807, 2.05) is 31.2 Å². The summed E-state index contributed by atoms with van der Waals surface area (Å²) in [6.07, 6.45) is 3.84. The van der Waals surface area contributed by atoms with Gasteiger partial charge in [0.2, 0.25) is 0 Å². The Morgan fingerprint density at radius 1 is 1.24 bits per heavy atom. The van der Waals surface area contributed by atoms with Crippen molar-refractivity contribution in [2.45, 2.75) is 58.2 Å². The van der Waals surface area contributed by atoms with E-state index in [0.717, 1.165) is 43.4 Å². The van der Waals surface area contributed by atoms with Crippen molar-refractivity contribution in [2.75, 3.05) is 12.3 Å². The molecule has 0 aliphatic heterocycles. The number of nitrogens with one attached hydrogen (secondary N) is 1. The van der Waals surface area contributed by atoms with Gasteiger partial charge in [0.25, 0.3) is 0 Å². The van der Waals surface area contributed by atoms with Crippen LogP contribution in [0.4, 0.5) is 0 Å². The van der Waals surface area contributed by atoms with Crippen molar-refractivity contribution in [3.63, 3.8) is 0 Å². The van der Waals surface area contributed by atoms with Crippen LogP contribution in [0, 0.1) is 6.92 Å². The third-order valence-corrected chi connectivity index (χ3v) is 5.34. The van der Waals surface area contributed by atoms with Crippen LogP contribution >= 0.6 is 0 Å². The molecule has 3 nitrogen and oxygen atoms in total. The summed E-state index contributed by atoms with van der Waals surface area (Å²) < 4.78 is 24.3. The van der Waals surface area contributed by atoms with E-state index >= 15 is 0 Å². The molecule has 1 aromatic rings. The maximum absolute atomic E-state index is 12.2. The van der Waals surface area contributed by atoms with Crippen molar-refractivity contribution in [3.8, 4) is 0 Å². The van der Waals surface area contributed by atoms with Crippen LogP contribution in [0.15, 0.2) is 24.3 Å². The smallest absolute Gasteiger partial charge is 0.154 e. The minimum atomic E-state index is -3.00. The van der Waals surface area contributed by atoms with Crippen LogP contribution in [0.5, 0.6) is 0 Å². The van der Waals surface area contributed by atoms with Gasteiger partial charge >= 0.3 is 0 Å². The lowest BCUT2D eigenvalue weighted by atomic mass is 10.1. The highest BCUT2D eigenvalue weighted by Gasteiger charge is 2.13. The summed E-state index contributed by atoms with van der Waals surface area (Å²) in [5, 5.41) is 3.47. The predicted octanol–water partition coefficient (Wildman–Crippen LogP) is 3.47. The predicted molar refractivity (Wildman–Crippen MR) is 90.3 cm³/mol. The van der Waals surface area contributed by atoms with E-state index in [2.05, 4.69) is 19.2 Å². The highest BCUT2D eigenvalue weighted by Crippen LogP contribution is 2.11. The fourth-order valence-electron chi connectivity index (χ4n) is 2.48.